The van der Waals surface area contributed by atoms with E-state index < -0.39 is 144 Å². The van der Waals surface area contributed by atoms with Crippen LogP contribution in [0.1, 0.15) is 201 Å². The molecule has 4 aliphatic heterocycles. The molecule has 0 aromatic heterocycles. The maximum atomic E-state index is 15.7. The van der Waals surface area contributed by atoms with Crippen LogP contribution in [-0.2, 0) is 67.0 Å². The summed E-state index contributed by atoms with van der Waals surface area (Å²) >= 11 is 0. The molecule has 12 amide bonds. The highest BCUT2D eigenvalue weighted by atomic mass is 19.4. The molecule has 2 bridgehead atoms. The van der Waals surface area contributed by atoms with Gasteiger partial charge in [0.2, 0.25) is 71.4 Å². The van der Waals surface area contributed by atoms with Gasteiger partial charge < -0.3 is 69.5 Å². The van der Waals surface area contributed by atoms with Gasteiger partial charge in [0.15, 0.2) is 0 Å². The number of hydrogen-bond donors (Lipinski definition) is 3. The molecule has 0 aromatic rings. The van der Waals surface area contributed by atoms with E-state index in [1.165, 1.54) is 95.6 Å². The second-order valence-electron chi connectivity index (χ2n) is 32.0. The van der Waals surface area contributed by atoms with Gasteiger partial charge >= 0.3 is 6.18 Å². The summed E-state index contributed by atoms with van der Waals surface area (Å²) in [5, 5.41) is 9.00. The standard InChI is InChI=1S/C77H125F3N12O14/c1-13-50(3)45-81-68(97)58-28-19-16-15-18-25-51-30-32-52(33-31-51)41-62(91-40-23-17-20-29-59(73(91)102)88(9)66(96)48-85(6)49-93)72(101)86(7)47-64(94)82-57(37-35-53-34-36-56(77(78,79)80)63(42-53)105-12)70(99)92-46-55(106-14-2)43-60(92)69(98)83-76(38-24-39-76)75(104)90(11)67(54-26-21-22-27-54)74(103)89(10)61(71(100)84(4)5)44-65(95)87(58)8/h17,20,49-63,67H,13-16,18-19,21-48H2,1-12H3,(H,81,97)(H,82,94)(H,83,98)/b20-17-/t50-,51?,52?,53?,55+,56?,57-,58-,59-,60-,61-,62-,63?,67-/m0/s1. The Balaban J connectivity index is 1.26. The maximum absolute atomic E-state index is 15.7. The van der Waals surface area contributed by atoms with Crippen LogP contribution in [0.15, 0.2) is 12.2 Å². The highest BCUT2D eigenvalue weighted by Crippen LogP contribution is 2.44. The van der Waals surface area contributed by atoms with Crippen LogP contribution >= 0.6 is 0 Å². The lowest BCUT2D eigenvalue weighted by Gasteiger charge is -2.46. The van der Waals surface area contributed by atoms with Crippen molar-refractivity contribution in [2.24, 2.45) is 35.5 Å². The molecular formula is C77H125F3N12O14. The summed E-state index contributed by atoms with van der Waals surface area (Å²) in [4.78, 5) is 188. The SMILES string of the molecule is CCO[C@@H]1C[C@H]2C(=O)NC3(CCC3)C(=O)N(C)[C@@H](C3CCCC3)C(=O)N(C)[C@H](C(=O)N(C)C)CC(=O)N(C)[C@H](C(=O)NC[C@@H](C)CC)CCCCCCC3CCC(CC3)C[C@H](N3CC/C=C\C[C@H](N(C)C(=O)CN(C)C=O)C3=O)C(=O)N(C)CC(=O)N[C@@H](CCC3CCC(C(F)(F)F)C(OC)C3)C(=O)N2C1. The van der Waals surface area contributed by atoms with E-state index in [0.29, 0.717) is 57.4 Å². The van der Waals surface area contributed by atoms with Crippen LogP contribution < -0.4 is 16.0 Å². The highest BCUT2D eigenvalue weighted by molar-refractivity contribution is 6.00. The zero-order valence-corrected chi connectivity index (χ0v) is 65.3. The van der Waals surface area contributed by atoms with Gasteiger partial charge in [0.1, 0.15) is 47.8 Å². The lowest BCUT2D eigenvalue weighted by atomic mass is 9.74. The molecule has 3 N–H and O–H groups in total. The van der Waals surface area contributed by atoms with Gasteiger partial charge in [-0.2, -0.15) is 13.2 Å². The summed E-state index contributed by atoms with van der Waals surface area (Å²) in [7, 11) is 13.2. The number of alkyl halides is 3. The van der Waals surface area contributed by atoms with Crippen molar-refractivity contribution in [3.8, 4) is 0 Å². The van der Waals surface area contributed by atoms with Gasteiger partial charge in [-0.3, -0.25) is 57.5 Å². The zero-order chi connectivity index (χ0) is 77.9. The Morgan fingerprint density at radius 1 is 0.726 bits per heavy atom. The van der Waals surface area contributed by atoms with Gasteiger partial charge in [-0.15, -0.1) is 0 Å². The minimum atomic E-state index is -4.52. The second-order valence-corrected chi connectivity index (χ2v) is 32.0. The van der Waals surface area contributed by atoms with Crippen molar-refractivity contribution in [3.63, 3.8) is 0 Å². The molecule has 3 saturated heterocycles. The molecule has 0 aromatic carbocycles. The molecule has 12 atom stereocenters. The molecule has 106 heavy (non-hydrogen) atoms. The maximum Gasteiger partial charge on any atom is 0.394 e. The molecule has 4 aliphatic carbocycles. The van der Waals surface area contributed by atoms with Crippen LogP contribution in [0, 0.1) is 35.5 Å². The molecule has 26 nitrogen and oxygen atoms in total. The van der Waals surface area contributed by atoms with Crippen molar-refractivity contribution in [2.75, 3.05) is 103 Å². The predicted molar refractivity (Wildman–Crippen MR) is 391 cm³/mol. The number of methoxy groups -OCH3 is 1. The van der Waals surface area contributed by atoms with Gasteiger partial charge in [-0.1, -0.05) is 103 Å². The Labute approximate surface area is 626 Å². The Morgan fingerprint density at radius 2 is 1.39 bits per heavy atom. The molecule has 4 saturated carbocycles. The predicted octanol–water partition coefficient (Wildman–Crippen LogP) is 6.07. The molecule has 4 heterocycles. The first-order chi connectivity index (χ1) is 50.3. The number of fused-ring (bicyclic) bond motifs is 26. The summed E-state index contributed by atoms with van der Waals surface area (Å²) in [6, 6.07) is -8.23. The number of ether oxygens (including phenoxy) is 2. The summed E-state index contributed by atoms with van der Waals surface area (Å²) in [5.41, 5.74) is -1.57. The van der Waals surface area contributed by atoms with Crippen molar-refractivity contribution < 1.29 is 80.2 Å². The molecule has 0 radical (unpaired) electrons. The molecule has 598 valence electrons. The van der Waals surface area contributed by atoms with Gasteiger partial charge in [-0.25, -0.2) is 0 Å². The van der Waals surface area contributed by atoms with Crippen molar-refractivity contribution in [1.29, 1.82) is 0 Å². The number of hydrogen-bond acceptors (Lipinski definition) is 14. The number of nitrogens with one attached hydrogen (secondary N) is 3. The quantitative estimate of drug-likeness (QED) is 0.110. The normalized spacial score (nSPS) is 30.3. The topological polar surface area (TPSA) is 289 Å². The third-order valence-corrected chi connectivity index (χ3v) is 24.4. The van der Waals surface area contributed by atoms with E-state index in [2.05, 4.69) is 16.0 Å². The van der Waals surface area contributed by atoms with E-state index in [0.717, 1.165) is 75.5 Å². The largest absolute Gasteiger partial charge is 0.394 e. The third kappa shape index (κ3) is 22.4. The molecule has 3 unspecified atom stereocenters. The highest BCUT2D eigenvalue weighted by Gasteiger charge is 2.54. The number of nitrogens with zero attached hydrogens (tertiary/aromatic N) is 9. The summed E-state index contributed by atoms with van der Waals surface area (Å²) < 4.78 is 54.5. The van der Waals surface area contributed by atoms with Crippen LogP contribution in [0.2, 0.25) is 0 Å². The summed E-state index contributed by atoms with van der Waals surface area (Å²) in [6.07, 6.45) is 9.99. The van der Waals surface area contributed by atoms with Gasteiger partial charge in [0.25, 0.3) is 0 Å². The number of rotatable bonds is 17. The molecule has 1 spiro atoms. The van der Waals surface area contributed by atoms with Crippen LogP contribution in [0.25, 0.3) is 0 Å². The number of carbonyl (C=O) groups excluding carboxylic acids is 12. The average molecular weight is 1500 g/mol. The first-order valence-corrected chi connectivity index (χ1v) is 39.3. The Hall–Kier alpha value is -6.91. The summed E-state index contributed by atoms with van der Waals surface area (Å²) in [6.45, 7) is 5.48. The van der Waals surface area contributed by atoms with Crippen molar-refractivity contribution >= 4 is 71.4 Å². The average Bonchev–Trinajstić information content (AvgIpc) is 1.15. The van der Waals surface area contributed by atoms with Crippen molar-refractivity contribution in [3.05, 3.63) is 12.2 Å². The van der Waals surface area contributed by atoms with Gasteiger partial charge in [0.05, 0.1) is 37.6 Å². The zero-order valence-electron chi connectivity index (χ0n) is 65.3. The molecule has 8 aliphatic rings. The lowest BCUT2D eigenvalue weighted by molar-refractivity contribution is -0.215. The van der Waals surface area contributed by atoms with Gasteiger partial charge in [-0.05, 0) is 126 Å². The number of carbonyl (C=O) groups is 12. The van der Waals surface area contributed by atoms with Crippen LogP contribution in [-0.4, -0.2) is 285 Å². The minimum Gasteiger partial charge on any atom is -0.381 e. The second kappa shape index (κ2) is 40.0. The van der Waals surface area contributed by atoms with E-state index in [-0.39, 0.29) is 120 Å². The molecule has 7 fully saturated rings. The first kappa shape index (κ1) is 86.3. The number of amides is 12. The van der Waals surface area contributed by atoms with E-state index >= 15 is 28.8 Å². The number of halogens is 3. The van der Waals surface area contributed by atoms with E-state index in [1.807, 2.05) is 26.0 Å². The third-order valence-electron chi connectivity index (χ3n) is 24.4. The summed E-state index contributed by atoms with van der Waals surface area (Å²) in [5.74, 6) is -8.22. The van der Waals surface area contributed by atoms with E-state index in [9.17, 15) is 41.9 Å². The Bertz CT molecular complexity index is 3050. The number of likely N-dealkylation sites (N-methyl/N-ethyl adjacent to an activating group) is 7. The van der Waals surface area contributed by atoms with Crippen LogP contribution in [0.3, 0.4) is 0 Å². The van der Waals surface area contributed by atoms with E-state index in [1.54, 1.807) is 14.0 Å². The smallest absolute Gasteiger partial charge is 0.381 e. The first-order valence-electron chi connectivity index (χ1n) is 39.3. The fraction of sp³-hybridized carbons (Fsp3) is 0.818. The van der Waals surface area contributed by atoms with Crippen LogP contribution in [0.5, 0.6) is 0 Å². The molecule has 29 heteroatoms. The van der Waals surface area contributed by atoms with Gasteiger partial charge in [0, 0.05) is 96.2 Å². The molecule has 8 rings (SSSR count). The molecular weight excluding hydrogens is 1370 g/mol. The van der Waals surface area contributed by atoms with E-state index in [4.69, 9.17) is 9.47 Å². The van der Waals surface area contributed by atoms with Crippen molar-refractivity contribution in [1.82, 2.24) is 60.0 Å². The fourth-order valence-electron chi connectivity index (χ4n) is 17.3. The monoisotopic (exact) mass is 1500 g/mol. The fourth-order valence-corrected chi connectivity index (χ4v) is 17.3. The lowest BCUT2D eigenvalue weighted by Crippen LogP contribution is -2.68. The Morgan fingerprint density at radius 3 is 2.00 bits per heavy atom. The van der Waals surface area contributed by atoms with Crippen molar-refractivity contribution in [2.45, 2.75) is 267 Å². The minimum absolute atomic E-state index is 0.0170. The van der Waals surface area contributed by atoms with Crippen LogP contribution in [0.4, 0.5) is 13.2 Å². The Kier molecular flexibility index (Phi) is 32.6.